The number of aliphatic hydroxyl groups excluding tert-OH is 2. The molecule has 1 amide bonds. The number of nitrogens with two attached hydrogens (primary N) is 1. The third kappa shape index (κ3) is 3.40. The summed E-state index contributed by atoms with van der Waals surface area (Å²) in [6.45, 7) is -0.391. The van der Waals surface area contributed by atoms with Crippen LogP contribution >= 0.6 is 0 Å². The standard InChI is InChI=1S/C10H13N3O5/c11-10(16)8-2-1-6(3-9(8)13(17)18)12-4-7(15)5-14/h1-3,7,12,14-15H,4-5H2,(H2,11,16). The molecule has 18 heavy (non-hydrogen) atoms. The predicted octanol–water partition coefficient (Wildman–Crippen LogP) is -0.541. The van der Waals surface area contributed by atoms with Gasteiger partial charge in [0, 0.05) is 18.3 Å². The fourth-order valence-corrected chi connectivity index (χ4v) is 1.30. The van der Waals surface area contributed by atoms with Crippen LogP contribution in [0.3, 0.4) is 0 Å². The highest BCUT2D eigenvalue weighted by Crippen LogP contribution is 2.22. The van der Waals surface area contributed by atoms with Gasteiger partial charge in [-0.15, -0.1) is 0 Å². The van der Waals surface area contributed by atoms with Crippen LogP contribution in [0.15, 0.2) is 18.2 Å². The molecule has 98 valence electrons. The highest BCUT2D eigenvalue weighted by atomic mass is 16.6. The van der Waals surface area contributed by atoms with E-state index in [1.807, 2.05) is 0 Å². The minimum absolute atomic E-state index is 0.0313. The molecule has 5 N–H and O–H groups in total. The number of hydrogen-bond donors (Lipinski definition) is 4. The summed E-state index contributed by atoms with van der Waals surface area (Å²) in [7, 11) is 0. The average Bonchev–Trinajstić information content (AvgIpc) is 2.35. The molecule has 0 radical (unpaired) electrons. The number of carbonyl (C=O) groups excluding carboxylic acids is 1. The zero-order chi connectivity index (χ0) is 13.7. The summed E-state index contributed by atoms with van der Waals surface area (Å²) in [5, 5.41) is 31.2. The molecular formula is C10H13N3O5. The van der Waals surface area contributed by atoms with Gasteiger partial charge in [0.1, 0.15) is 5.56 Å². The number of nitro groups is 1. The van der Waals surface area contributed by atoms with E-state index in [2.05, 4.69) is 5.32 Å². The molecule has 8 nitrogen and oxygen atoms in total. The molecule has 8 heteroatoms. The van der Waals surface area contributed by atoms with Crippen molar-refractivity contribution in [2.24, 2.45) is 5.73 Å². The van der Waals surface area contributed by atoms with Crippen LogP contribution in [0.25, 0.3) is 0 Å². The maximum absolute atomic E-state index is 11.0. The fraction of sp³-hybridized carbons (Fsp3) is 0.300. The zero-order valence-corrected chi connectivity index (χ0v) is 9.37. The van der Waals surface area contributed by atoms with Crippen LogP contribution in [0, 0.1) is 10.1 Å². The van der Waals surface area contributed by atoms with Gasteiger partial charge in [-0.05, 0) is 12.1 Å². The van der Waals surface area contributed by atoms with Crippen LogP contribution < -0.4 is 11.1 Å². The second-order valence-electron chi connectivity index (χ2n) is 3.57. The maximum Gasteiger partial charge on any atom is 0.284 e. The van der Waals surface area contributed by atoms with Crippen LogP contribution in [0.1, 0.15) is 10.4 Å². The number of hydrogen-bond acceptors (Lipinski definition) is 6. The Hall–Kier alpha value is -2.19. The lowest BCUT2D eigenvalue weighted by Gasteiger charge is -2.10. The molecule has 1 atom stereocenters. The van der Waals surface area contributed by atoms with E-state index in [0.717, 1.165) is 6.07 Å². The van der Waals surface area contributed by atoms with Crippen molar-refractivity contribution >= 4 is 17.3 Å². The van der Waals surface area contributed by atoms with E-state index in [4.69, 9.17) is 15.9 Å². The van der Waals surface area contributed by atoms with Crippen LogP contribution in [0.2, 0.25) is 0 Å². The number of nitrogens with zero attached hydrogens (tertiary/aromatic N) is 1. The quantitative estimate of drug-likeness (QED) is 0.397. The molecule has 0 aliphatic carbocycles. The molecule has 0 fully saturated rings. The van der Waals surface area contributed by atoms with Crippen molar-refractivity contribution in [1.82, 2.24) is 0 Å². The number of primary amides is 1. The van der Waals surface area contributed by atoms with Gasteiger partial charge in [0.05, 0.1) is 17.6 Å². The van der Waals surface area contributed by atoms with Gasteiger partial charge in [0.15, 0.2) is 0 Å². The summed E-state index contributed by atoms with van der Waals surface area (Å²) in [5.41, 5.74) is 4.76. The van der Waals surface area contributed by atoms with Crippen molar-refractivity contribution in [3.63, 3.8) is 0 Å². The largest absolute Gasteiger partial charge is 0.394 e. The van der Waals surface area contributed by atoms with Crippen molar-refractivity contribution in [2.75, 3.05) is 18.5 Å². The Morgan fingerprint density at radius 3 is 2.72 bits per heavy atom. The average molecular weight is 255 g/mol. The van der Waals surface area contributed by atoms with Gasteiger partial charge in [-0.2, -0.15) is 0 Å². The Morgan fingerprint density at radius 2 is 2.22 bits per heavy atom. The molecule has 1 rings (SSSR count). The predicted molar refractivity (Wildman–Crippen MR) is 63.2 cm³/mol. The first kappa shape index (κ1) is 13.9. The molecule has 0 heterocycles. The van der Waals surface area contributed by atoms with Gasteiger partial charge in [0.25, 0.3) is 11.6 Å². The number of amides is 1. The van der Waals surface area contributed by atoms with E-state index in [9.17, 15) is 14.9 Å². The molecule has 0 aromatic heterocycles. The van der Waals surface area contributed by atoms with Crippen molar-refractivity contribution in [1.29, 1.82) is 0 Å². The third-order valence-electron chi connectivity index (χ3n) is 2.21. The number of anilines is 1. The lowest BCUT2D eigenvalue weighted by molar-refractivity contribution is -0.385. The van der Waals surface area contributed by atoms with Gasteiger partial charge in [0.2, 0.25) is 0 Å². The number of rotatable bonds is 6. The molecule has 1 aromatic carbocycles. The summed E-state index contributed by atoms with van der Waals surface area (Å²) in [6, 6.07) is 3.80. The number of benzene rings is 1. The smallest absolute Gasteiger partial charge is 0.284 e. The highest BCUT2D eigenvalue weighted by Gasteiger charge is 2.18. The van der Waals surface area contributed by atoms with Gasteiger partial charge in [-0.25, -0.2) is 0 Å². The molecule has 0 saturated carbocycles. The van der Waals surface area contributed by atoms with Crippen LogP contribution in [-0.2, 0) is 0 Å². The molecule has 0 bridgehead atoms. The van der Waals surface area contributed by atoms with E-state index >= 15 is 0 Å². The van der Waals surface area contributed by atoms with Crippen molar-refractivity contribution in [3.05, 3.63) is 33.9 Å². The minimum atomic E-state index is -0.972. The van der Waals surface area contributed by atoms with Crippen LogP contribution in [0.5, 0.6) is 0 Å². The highest BCUT2D eigenvalue weighted by molar-refractivity contribution is 5.97. The molecule has 0 saturated heterocycles. The SMILES string of the molecule is NC(=O)c1ccc(NCC(O)CO)cc1[N+](=O)[O-]. The van der Waals surface area contributed by atoms with Crippen molar-refractivity contribution < 1.29 is 19.9 Å². The first-order chi connectivity index (χ1) is 8.45. The molecule has 0 aliphatic heterocycles. The van der Waals surface area contributed by atoms with Crippen LogP contribution in [0.4, 0.5) is 11.4 Å². The van der Waals surface area contributed by atoms with Gasteiger partial charge < -0.3 is 21.3 Å². The summed E-state index contributed by atoms with van der Waals surface area (Å²) in [4.78, 5) is 21.0. The lowest BCUT2D eigenvalue weighted by atomic mass is 10.1. The molecule has 1 unspecified atom stereocenters. The van der Waals surface area contributed by atoms with Crippen LogP contribution in [-0.4, -0.2) is 40.3 Å². The zero-order valence-electron chi connectivity index (χ0n) is 9.37. The van der Waals surface area contributed by atoms with E-state index < -0.39 is 29.2 Å². The number of aliphatic hydroxyl groups is 2. The number of carbonyl (C=O) groups is 1. The van der Waals surface area contributed by atoms with Crippen molar-refractivity contribution in [2.45, 2.75) is 6.10 Å². The van der Waals surface area contributed by atoms with E-state index in [0.29, 0.717) is 5.69 Å². The summed E-state index contributed by atoms with van der Waals surface area (Å²) >= 11 is 0. The van der Waals surface area contributed by atoms with E-state index in [-0.39, 0.29) is 12.1 Å². The lowest BCUT2D eigenvalue weighted by Crippen LogP contribution is -2.23. The fourth-order valence-electron chi connectivity index (χ4n) is 1.30. The van der Waals surface area contributed by atoms with Gasteiger partial charge in [-0.1, -0.05) is 0 Å². The summed E-state index contributed by atoms with van der Waals surface area (Å²) in [5.74, 6) is -0.886. The summed E-state index contributed by atoms with van der Waals surface area (Å²) in [6.07, 6.45) is -0.972. The number of nitro benzene ring substituents is 1. The second-order valence-corrected chi connectivity index (χ2v) is 3.57. The van der Waals surface area contributed by atoms with Crippen molar-refractivity contribution in [3.8, 4) is 0 Å². The Kier molecular flexibility index (Phi) is 4.58. The maximum atomic E-state index is 11.0. The monoisotopic (exact) mass is 255 g/mol. The Bertz CT molecular complexity index is 463. The molecule has 1 aromatic rings. The Labute approximate surface area is 102 Å². The van der Waals surface area contributed by atoms with Gasteiger partial charge in [-0.3, -0.25) is 14.9 Å². The van der Waals surface area contributed by atoms with Gasteiger partial charge >= 0.3 is 0 Å². The first-order valence-electron chi connectivity index (χ1n) is 5.06. The normalized spacial score (nSPS) is 11.9. The first-order valence-corrected chi connectivity index (χ1v) is 5.06. The summed E-state index contributed by atoms with van der Waals surface area (Å²) < 4.78 is 0. The van der Waals surface area contributed by atoms with E-state index in [1.54, 1.807) is 0 Å². The topological polar surface area (TPSA) is 139 Å². The second kappa shape index (κ2) is 5.94. The Morgan fingerprint density at radius 1 is 1.56 bits per heavy atom. The molecular weight excluding hydrogens is 242 g/mol. The molecule has 0 spiro atoms. The van der Waals surface area contributed by atoms with E-state index in [1.165, 1.54) is 12.1 Å². The Balaban J connectivity index is 2.93. The molecule has 0 aliphatic rings. The minimum Gasteiger partial charge on any atom is -0.394 e. The third-order valence-corrected chi connectivity index (χ3v) is 2.21. The number of nitrogens with one attached hydrogen (secondary N) is 1.